The Morgan fingerprint density at radius 1 is 1.67 bits per heavy atom. The van der Waals surface area contributed by atoms with Crippen LogP contribution in [-0.2, 0) is 15.0 Å². The van der Waals surface area contributed by atoms with Crippen molar-refractivity contribution in [3.8, 4) is 0 Å². The second-order valence-corrected chi connectivity index (χ2v) is 6.93. The van der Waals surface area contributed by atoms with Gasteiger partial charge >= 0.3 is 16.2 Å². The third-order valence-electron chi connectivity index (χ3n) is 3.80. The van der Waals surface area contributed by atoms with Crippen molar-refractivity contribution in [3.05, 3.63) is 47.5 Å². The number of nitrogens with one attached hydrogen (secondary N) is 1. The van der Waals surface area contributed by atoms with Crippen molar-refractivity contribution in [1.29, 1.82) is 0 Å². The summed E-state index contributed by atoms with van der Waals surface area (Å²) in [6.45, 7) is 2.97. The zero-order valence-corrected chi connectivity index (χ0v) is 13.4. The van der Waals surface area contributed by atoms with E-state index in [9.17, 15) is 18.3 Å². The minimum Gasteiger partial charge on any atom is -0.481 e. The number of hydrogen-bond donors (Lipinski definition) is 2. The zero-order valence-electron chi connectivity index (χ0n) is 12.6. The van der Waals surface area contributed by atoms with Gasteiger partial charge in [-0.2, -0.15) is 12.7 Å². The fourth-order valence-corrected chi connectivity index (χ4v) is 3.87. The van der Waals surface area contributed by atoms with Crippen LogP contribution >= 0.6 is 0 Å². The smallest absolute Gasteiger partial charge is 0.317 e. The lowest BCUT2D eigenvalue weighted by molar-refractivity contribution is -0.144. The minimum absolute atomic E-state index is 0.106. The van der Waals surface area contributed by atoms with Crippen LogP contribution in [0.2, 0.25) is 0 Å². The van der Waals surface area contributed by atoms with E-state index in [2.05, 4.69) is 26.3 Å². The normalized spacial score (nSPS) is 24.1. The van der Waals surface area contributed by atoms with Crippen molar-refractivity contribution in [2.75, 3.05) is 17.8 Å². The molecule has 0 aliphatic carbocycles. The van der Waals surface area contributed by atoms with E-state index in [1.165, 1.54) is 18.3 Å². The van der Waals surface area contributed by atoms with Crippen LogP contribution in [0, 0.1) is 5.92 Å². The Labute approximate surface area is 138 Å². The molecule has 1 saturated heterocycles. The average molecular weight is 352 g/mol. The van der Waals surface area contributed by atoms with Crippen LogP contribution in [0.3, 0.4) is 0 Å². The monoisotopic (exact) mass is 352 g/mol. The highest BCUT2D eigenvalue weighted by molar-refractivity contribution is 7.90. The molecule has 10 nitrogen and oxygen atoms in total. The summed E-state index contributed by atoms with van der Waals surface area (Å²) < 4.78 is 28.2. The predicted octanol–water partition coefficient (Wildman–Crippen LogP) is 1.38. The van der Waals surface area contributed by atoms with Crippen LogP contribution in [0.25, 0.3) is 10.4 Å². The second kappa shape index (κ2) is 6.87. The molecule has 1 aliphatic rings. The summed E-state index contributed by atoms with van der Waals surface area (Å²) in [5.41, 5.74) is 6.85. The first-order valence-corrected chi connectivity index (χ1v) is 8.39. The number of pyridine rings is 1. The molecule has 0 saturated carbocycles. The number of carbonyl (C=O) groups is 1. The number of nitrogens with zero attached hydrogens (tertiary/aromatic N) is 5. The molecule has 1 aliphatic heterocycles. The molecule has 0 radical (unpaired) electrons. The van der Waals surface area contributed by atoms with Crippen molar-refractivity contribution in [2.45, 2.75) is 12.0 Å². The molecule has 1 fully saturated rings. The standard InChI is InChI=1S/C13H16N6O4S/c1-2-5-10-8-19(9-13(10,12(20)21)17-18-14)24(22,23)16-11-6-3-4-7-15-11/h2-4,6-7,10H,1,5,8-9H2,(H,15,16)(H,20,21). The van der Waals surface area contributed by atoms with Gasteiger partial charge in [-0.1, -0.05) is 17.3 Å². The molecule has 0 spiro atoms. The molecule has 2 rings (SSSR count). The summed E-state index contributed by atoms with van der Waals surface area (Å²) in [5.74, 6) is -1.99. The third kappa shape index (κ3) is 3.32. The van der Waals surface area contributed by atoms with Gasteiger partial charge in [0.05, 0.1) is 0 Å². The van der Waals surface area contributed by atoms with Gasteiger partial charge in [-0.25, -0.2) is 4.98 Å². The SMILES string of the molecule is C=CCC1CN(S(=O)(=O)Nc2ccccn2)CC1(N=[N+]=[N-])C(=O)O. The van der Waals surface area contributed by atoms with E-state index < -0.39 is 34.2 Å². The predicted molar refractivity (Wildman–Crippen MR) is 86.2 cm³/mol. The van der Waals surface area contributed by atoms with Gasteiger partial charge < -0.3 is 5.11 Å². The Morgan fingerprint density at radius 3 is 2.96 bits per heavy atom. The van der Waals surface area contributed by atoms with Gasteiger partial charge in [0.1, 0.15) is 5.82 Å². The average Bonchev–Trinajstić information content (AvgIpc) is 2.90. The molecule has 2 atom stereocenters. The van der Waals surface area contributed by atoms with Gasteiger partial charge in [-0.15, -0.1) is 6.58 Å². The zero-order chi connectivity index (χ0) is 17.8. The first kappa shape index (κ1) is 17.7. The molecule has 2 unspecified atom stereocenters. The Morgan fingerprint density at radius 2 is 2.42 bits per heavy atom. The molecule has 0 amide bonds. The van der Waals surface area contributed by atoms with Crippen LogP contribution in [0.1, 0.15) is 6.42 Å². The van der Waals surface area contributed by atoms with Gasteiger partial charge in [-0.05, 0) is 30.0 Å². The lowest BCUT2D eigenvalue weighted by Crippen LogP contribution is -2.45. The lowest BCUT2D eigenvalue weighted by atomic mass is 9.85. The third-order valence-corrected chi connectivity index (χ3v) is 5.22. The van der Waals surface area contributed by atoms with Gasteiger partial charge in [0.2, 0.25) is 0 Å². The summed E-state index contributed by atoms with van der Waals surface area (Å²) in [4.78, 5) is 18.1. The Balaban J connectivity index is 2.34. The van der Waals surface area contributed by atoms with Crippen molar-refractivity contribution in [3.63, 3.8) is 0 Å². The van der Waals surface area contributed by atoms with Crippen LogP contribution in [0.5, 0.6) is 0 Å². The summed E-state index contributed by atoms with van der Waals surface area (Å²) in [6.07, 6.45) is 3.09. The van der Waals surface area contributed by atoms with Crippen LogP contribution in [0.15, 0.2) is 42.2 Å². The summed E-state index contributed by atoms with van der Waals surface area (Å²) in [6, 6.07) is 4.70. The fourth-order valence-electron chi connectivity index (χ4n) is 2.61. The number of anilines is 1. The number of rotatable bonds is 7. The first-order valence-electron chi connectivity index (χ1n) is 6.95. The highest BCUT2D eigenvalue weighted by Gasteiger charge is 2.54. The molecule has 0 aromatic carbocycles. The lowest BCUT2D eigenvalue weighted by Gasteiger charge is -2.23. The fraction of sp³-hybridized carbons (Fsp3) is 0.385. The van der Waals surface area contributed by atoms with Crippen LogP contribution in [-0.4, -0.2) is 47.4 Å². The topological polar surface area (TPSA) is 148 Å². The maximum atomic E-state index is 12.5. The van der Waals surface area contributed by atoms with Crippen LogP contribution in [0.4, 0.5) is 5.82 Å². The van der Waals surface area contributed by atoms with E-state index in [1.54, 1.807) is 12.1 Å². The molecule has 1 aromatic heterocycles. The van der Waals surface area contributed by atoms with Crippen molar-refractivity contribution in [1.82, 2.24) is 9.29 Å². The number of carboxylic acid groups (broad SMARTS) is 1. The van der Waals surface area contributed by atoms with Gasteiger partial charge in [0.25, 0.3) is 0 Å². The highest BCUT2D eigenvalue weighted by Crippen LogP contribution is 2.36. The number of aromatic nitrogens is 1. The number of hydrogen-bond acceptors (Lipinski definition) is 5. The van der Waals surface area contributed by atoms with Gasteiger partial charge in [0.15, 0.2) is 5.54 Å². The number of carboxylic acids is 1. The van der Waals surface area contributed by atoms with E-state index in [1.807, 2.05) is 0 Å². The minimum atomic E-state index is -4.05. The Kier molecular flexibility index (Phi) is 5.07. The van der Waals surface area contributed by atoms with Gasteiger partial charge in [-0.3, -0.25) is 9.52 Å². The molecule has 1 aromatic rings. The maximum Gasteiger partial charge on any atom is 0.317 e. The molecule has 0 bridgehead atoms. The van der Waals surface area contributed by atoms with E-state index >= 15 is 0 Å². The number of aliphatic carboxylic acids is 1. The quantitative estimate of drug-likeness (QED) is 0.329. The van der Waals surface area contributed by atoms with Crippen molar-refractivity contribution < 1.29 is 18.3 Å². The second-order valence-electron chi connectivity index (χ2n) is 5.25. The Hall–Kier alpha value is -2.62. The highest BCUT2D eigenvalue weighted by atomic mass is 32.2. The molecular formula is C13H16N6O4S. The molecule has 128 valence electrons. The summed E-state index contributed by atoms with van der Waals surface area (Å²) >= 11 is 0. The summed E-state index contributed by atoms with van der Waals surface area (Å²) in [5, 5.41) is 12.9. The van der Waals surface area contributed by atoms with Crippen molar-refractivity contribution in [2.24, 2.45) is 11.0 Å². The van der Waals surface area contributed by atoms with E-state index in [0.29, 0.717) is 0 Å². The molecule has 2 heterocycles. The molecule has 2 N–H and O–H groups in total. The summed E-state index contributed by atoms with van der Waals surface area (Å²) in [7, 11) is -4.05. The van der Waals surface area contributed by atoms with Gasteiger partial charge in [0, 0.05) is 24.2 Å². The Bertz CT molecular complexity index is 773. The van der Waals surface area contributed by atoms with E-state index in [-0.39, 0.29) is 18.8 Å². The van der Waals surface area contributed by atoms with E-state index in [0.717, 1.165) is 4.31 Å². The molecular weight excluding hydrogens is 336 g/mol. The van der Waals surface area contributed by atoms with E-state index in [4.69, 9.17) is 5.53 Å². The van der Waals surface area contributed by atoms with Crippen LogP contribution < -0.4 is 4.72 Å². The number of azide groups is 1. The molecule has 11 heteroatoms. The molecule has 24 heavy (non-hydrogen) atoms. The maximum absolute atomic E-state index is 12.5. The van der Waals surface area contributed by atoms with Crippen molar-refractivity contribution >= 4 is 22.0 Å². The first-order chi connectivity index (χ1) is 11.4. The largest absolute Gasteiger partial charge is 0.481 e. The number of allylic oxidation sites excluding steroid dienone is 1.